The van der Waals surface area contributed by atoms with E-state index < -0.39 is 0 Å². The molecular formula is C22H25N5O2. The summed E-state index contributed by atoms with van der Waals surface area (Å²) in [5.74, 6) is 1.59. The number of hydrogen-bond donors (Lipinski definition) is 1. The third kappa shape index (κ3) is 4.46. The molecular weight excluding hydrogens is 366 g/mol. The van der Waals surface area contributed by atoms with Crippen LogP contribution in [0.5, 0.6) is 0 Å². The van der Waals surface area contributed by atoms with E-state index in [2.05, 4.69) is 19.8 Å². The fraction of sp³-hybridized carbons (Fsp3) is 0.318. The van der Waals surface area contributed by atoms with E-state index >= 15 is 0 Å². The zero-order valence-electron chi connectivity index (χ0n) is 16.5. The van der Waals surface area contributed by atoms with Gasteiger partial charge in [0, 0.05) is 51.5 Å². The van der Waals surface area contributed by atoms with Gasteiger partial charge >= 0.3 is 0 Å². The van der Waals surface area contributed by atoms with Gasteiger partial charge in [-0.2, -0.15) is 0 Å². The van der Waals surface area contributed by atoms with Crippen molar-refractivity contribution < 1.29 is 4.74 Å². The van der Waals surface area contributed by atoms with Crippen molar-refractivity contribution in [2.24, 2.45) is 0 Å². The third-order valence-corrected chi connectivity index (χ3v) is 5.15. The lowest BCUT2D eigenvalue weighted by Crippen LogP contribution is -2.48. The number of aromatic nitrogens is 3. The maximum absolute atomic E-state index is 12.9. The number of pyridine rings is 1. The zero-order valence-corrected chi connectivity index (χ0v) is 16.5. The molecule has 3 heterocycles. The molecule has 0 spiro atoms. The Kier molecular flexibility index (Phi) is 5.86. The molecule has 0 radical (unpaired) electrons. The van der Waals surface area contributed by atoms with Crippen molar-refractivity contribution in [1.82, 2.24) is 15.0 Å². The maximum Gasteiger partial charge on any atom is 0.256 e. The van der Waals surface area contributed by atoms with Gasteiger partial charge in [0.05, 0.1) is 12.3 Å². The summed E-state index contributed by atoms with van der Waals surface area (Å²) in [6.07, 6.45) is 2.35. The molecule has 0 bridgehead atoms. The number of nitrogens with zero attached hydrogens (tertiary/aromatic N) is 4. The summed E-state index contributed by atoms with van der Waals surface area (Å²) in [6.45, 7) is 3.50. The molecule has 0 unspecified atom stereocenters. The third-order valence-electron chi connectivity index (χ3n) is 5.15. The minimum absolute atomic E-state index is 0.0990. The van der Waals surface area contributed by atoms with Gasteiger partial charge in [-0.3, -0.25) is 9.78 Å². The summed E-state index contributed by atoms with van der Waals surface area (Å²) >= 11 is 0. The molecule has 7 heteroatoms. The van der Waals surface area contributed by atoms with E-state index in [0.717, 1.165) is 37.6 Å². The Morgan fingerprint density at radius 3 is 2.41 bits per heavy atom. The van der Waals surface area contributed by atoms with Crippen LogP contribution in [0, 0.1) is 0 Å². The van der Waals surface area contributed by atoms with E-state index in [-0.39, 0.29) is 5.56 Å². The van der Waals surface area contributed by atoms with Crippen molar-refractivity contribution in [2.45, 2.75) is 13.0 Å². The number of hydrogen-bond acceptors (Lipinski definition) is 6. The summed E-state index contributed by atoms with van der Waals surface area (Å²) in [6, 6.07) is 15.9. The van der Waals surface area contributed by atoms with Crippen LogP contribution in [0.2, 0.25) is 0 Å². The van der Waals surface area contributed by atoms with Crippen molar-refractivity contribution >= 4 is 11.8 Å². The summed E-state index contributed by atoms with van der Waals surface area (Å²) in [7, 11) is 1.63. The molecule has 0 aliphatic carbocycles. The fourth-order valence-electron chi connectivity index (χ4n) is 3.61. The molecule has 1 fully saturated rings. The Labute approximate surface area is 170 Å². The number of H-pyrrole nitrogens is 1. The fourth-order valence-corrected chi connectivity index (χ4v) is 3.61. The summed E-state index contributed by atoms with van der Waals surface area (Å²) in [4.78, 5) is 29.4. The van der Waals surface area contributed by atoms with Crippen molar-refractivity contribution in [3.05, 3.63) is 81.9 Å². The summed E-state index contributed by atoms with van der Waals surface area (Å²) in [5, 5.41) is 0. The van der Waals surface area contributed by atoms with E-state index in [1.165, 1.54) is 0 Å². The number of anilines is 2. The Bertz CT molecular complexity index is 983. The SMILES string of the molecule is COCc1nc(N2CCN(c3ccccn3)CC2)[nH]c(=O)c1Cc1ccccc1. The molecule has 29 heavy (non-hydrogen) atoms. The van der Waals surface area contributed by atoms with Gasteiger partial charge in [0.2, 0.25) is 5.95 Å². The van der Waals surface area contributed by atoms with Gasteiger partial charge in [-0.15, -0.1) is 0 Å². The second-order valence-corrected chi connectivity index (χ2v) is 7.07. The van der Waals surface area contributed by atoms with E-state index in [4.69, 9.17) is 9.72 Å². The van der Waals surface area contributed by atoms with Crippen LogP contribution in [-0.4, -0.2) is 48.2 Å². The average molecular weight is 391 g/mol. The minimum Gasteiger partial charge on any atom is -0.378 e. The van der Waals surface area contributed by atoms with Gasteiger partial charge in [0.1, 0.15) is 5.82 Å². The quantitative estimate of drug-likeness (QED) is 0.695. The van der Waals surface area contributed by atoms with Crippen LogP contribution in [0.25, 0.3) is 0 Å². The Balaban J connectivity index is 1.53. The van der Waals surface area contributed by atoms with E-state index in [0.29, 0.717) is 30.2 Å². The first-order chi connectivity index (χ1) is 14.2. The minimum atomic E-state index is -0.0990. The van der Waals surface area contributed by atoms with Crippen LogP contribution in [0.15, 0.2) is 59.5 Å². The number of ether oxygens (including phenoxy) is 1. The van der Waals surface area contributed by atoms with Crippen LogP contribution in [0.1, 0.15) is 16.8 Å². The van der Waals surface area contributed by atoms with Crippen molar-refractivity contribution in [2.75, 3.05) is 43.1 Å². The molecule has 1 aliphatic heterocycles. The predicted octanol–water partition coefficient (Wildman–Crippen LogP) is 2.23. The number of benzene rings is 1. The van der Waals surface area contributed by atoms with Crippen molar-refractivity contribution in [1.29, 1.82) is 0 Å². The molecule has 0 amide bonds. The highest BCUT2D eigenvalue weighted by Crippen LogP contribution is 2.17. The van der Waals surface area contributed by atoms with E-state index in [1.807, 2.05) is 54.7 Å². The summed E-state index contributed by atoms with van der Waals surface area (Å²) < 4.78 is 5.33. The Morgan fingerprint density at radius 2 is 1.72 bits per heavy atom. The highest BCUT2D eigenvalue weighted by molar-refractivity contribution is 5.42. The van der Waals surface area contributed by atoms with Crippen LogP contribution in [-0.2, 0) is 17.8 Å². The van der Waals surface area contributed by atoms with Crippen LogP contribution in [0.3, 0.4) is 0 Å². The number of nitrogens with one attached hydrogen (secondary N) is 1. The van der Waals surface area contributed by atoms with Gasteiger partial charge < -0.3 is 14.5 Å². The molecule has 7 nitrogen and oxygen atoms in total. The normalized spacial score (nSPS) is 14.2. The van der Waals surface area contributed by atoms with E-state index in [9.17, 15) is 4.79 Å². The van der Waals surface area contributed by atoms with Gasteiger partial charge in [0.15, 0.2) is 0 Å². The second-order valence-electron chi connectivity index (χ2n) is 7.07. The number of piperazine rings is 1. The zero-order chi connectivity index (χ0) is 20.1. The lowest BCUT2D eigenvalue weighted by molar-refractivity contribution is 0.180. The largest absolute Gasteiger partial charge is 0.378 e. The van der Waals surface area contributed by atoms with Gasteiger partial charge in [0.25, 0.3) is 5.56 Å². The first-order valence-corrected chi connectivity index (χ1v) is 9.80. The molecule has 0 atom stereocenters. The van der Waals surface area contributed by atoms with Crippen molar-refractivity contribution in [3.63, 3.8) is 0 Å². The van der Waals surface area contributed by atoms with Gasteiger partial charge in [-0.25, -0.2) is 9.97 Å². The van der Waals surface area contributed by atoms with E-state index in [1.54, 1.807) is 7.11 Å². The molecule has 1 saturated heterocycles. The number of aromatic amines is 1. The first-order valence-electron chi connectivity index (χ1n) is 9.80. The van der Waals surface area contributed by atoms with Crippen LogP contribution >= 0.6 is 0 Å². The van der Waals surface area contributed by atoms with Crippen LogP contribution in [0.4, 0.5) is 11.8 Å². The summed E-state index contributed by atoms with van der Waals surface area (Å²) in [5.41, 5.74) is 2.34. The average Bonchev–Trinajstić information content (AvgIpc) is 2.77. The molecule has 1 aromatic carbocycles. The Hall–Kier alpha value is -3.19. The molecule has 1 N–H and O–H groups in total. The monoisotopic (exact) mass is 391 g/mol. The molecule has 2 aromatic heterocycles. The number of methoxy groups -OCH3 is 1. The maximum atomic E-state index is 12.9. The molecule has 4 rings (SSSR count). The molecule has 0 saturated carbocycles. The highest BCUT2D eigenvalue weighted by atomic mass is 16.5. The predicted molar refractivity (Wildman–Crippen MR) is 113 cm³/mol. The van der Waals surface area contributed by atoms with Gasteiger partial charge in [-0.1, -0.05) is 36.4 Å². The van der Waals surface area contributed by atoms with Crippen molar-refractivity contribution in [3.8, 4) is 0 Å². The molecule has 1 aliphatic rings. The standard InChI is InChI=1S/C22H25N5O2/c1-29-16-19-18(15-17-7-3-2-4-8-17)21(28)25-22(24-19)27-13-11-26(12-14-27)20-9-5-6-10-23-20/h2-10H,11-16H2,1H3,(H,24,25,28). The molecule has 3 aromatic rings. The van der Waals surface area contributed by atoms with Gasteiger partial charge in [-0.05, 0) is 17.7 Å². The lowest BCUT2D eigenvalue weighted by Gasteiger charge is -2.35. The first kappa shape index (κ1) is 19.1. The smallest absolute Gasteiger partial charge is 0.256 e. The number of rotatable bonds is 6. The topological polar surface area (TPSA) is 74.3 Å². The highest BCUT2D eigenvalue weighted by Gasteiger charge is 2.21. The second kappa shape index (κ2) is 8.87. The Morgan fingerprint density at radius 1 is 1.00 bits per heavy atom. The molecule has 150 valence electrons. The van der Waals surface area contributed by atoms with Crippen LogP contribution < -0.4 is 15.4 Å². The lowest BCUT2D eigenvalue weighted by atomic mass is 10.0.